The second-order valence-corrected chi connectivity index (χ2v) is 6.81. The molecule has 4 nitrogen and oxygen atoms in total. The maximum atomic E-state index is 13.5. The highest BCUT2D eigenvalue weighted by Gasteiger charge is 2.36. The number of alkyl halides is 6. The van der Waals surface area contributed by atoms with Crippen LogP contribution < -0.4 is 5.32 Å². The van der Waals surface area contributed by atoms with Crippen LogP contribution in [0.1, 0.15) is 24.0 Å². The molecular weight excluding hydrogens is 386 g/mol. The fourth-order valence-corrected chi connectivity index (χ4v) is 3.16. The van der Waals surface area contributed by atoms with Gasteiger partial charge in [0.15, 0.2) is 5.82 Å². The van der Waals surface area contributed by atoms with Gasteiger partial charge in [-0.05, 0) is 44.6 Å². The Kier molecular flexibility index (Phi) is 5.51. The number of aromatic nitrogens is 2. The first kappa shape index (κ1) is 20.4. The smallest absolute Gasteiger partial charge is 0.364 e. The first-order chi connectivity index (χ1) is 13.0. The van der Waals surface area contributed by atoms with Gasteiger partial charge in [-0.15, -0.1) is 10.2 Å². The van der Waals surface area contributed by atoms with Crippen molar-refractivity contribution in [1.29, 1.82) is 0 Å². The summed E-state index contributed by atoms with van der Waals surface area (Å²) in [5.41, 5.74) is -1.91. The van der Waals surface area contributed by atoms with Crippen LogP contribution in [0, 0.1) is 0 Å². The first-order valence-electron chi connectivity index (χ1n) is 8.61. The van der Waals surface area contributed by atoms with Gasteiger partial charge in [-0.2, -0.15) is 26.3 Å². The lowest BCUT2D eigenvalue weighted by Crippen LogP contribution is -2.40. The van der Waals surface area contributed by atoms with Crippen LogP contribution in [0.25, 0.3) is 11.3 Å². The molecule has 1 atom stereocenters. The van der Waals surface area contributed by atoms with Gasteiger partial charge < -0.3 is 10.2 Å². The Bertz CT molecular complexity index is 816. The Hall–Kier alpha value is -2.36. The third kappa shape index (κ3) is 4.73. The zero-order valence-corrected chi connectivity index (χ0v) is 14.9. The van der Waals surface area contributed by atoms with E-state index in [-0.39, 0.29) is 23.1 Å². The van der Waals surface area contributed by atoms with Gasteiger partial charge in [-0.25, -0.2) is 0 Å². The quantitative estimate of drug-likeness (QED) is 0.754. The minimum atomic E-state index is -4.68. The van der Waals surface area contributed by atoms with Crippen LogP contribution in [0.3, 0.4) is 0 Å². The van der Waals surface area contributed by atoms with Crippen molar-refractivity contribution in [2.45, 2.75) is 31.2 Å². The molecule has 10 heteroatoms. The first-order valence-corrected chi connectivity index (χ1v) is 8.61. The molecular formula is C18H18F6N4. The normalized spacial score (nSPS) is 18.9. The van der Waals surface area contributed by atoms with E-state index in [1.807, 2.05) is 11.9 Å². The summed E-state index contributed by atoms with van der Waals surface area (Å²) in [6, 6.07) is 4.38. The fraction of sp³-hybridized carbons (Fsp3) is 0.444. The molecule has 0 aliphatic carbocycles. The Labute approximate surface area is 157 Å². The summed E-state index contributed by atoms with van der Waals surface area (Å²) in [7, 11) is 1.89. The third-order valence-electron chi connectivity index (χ3n) is 4.57. The van der Waals surface area contributed by atoms with Gasteiger partial charge in [0, 0.05) is 18.2 Å². The second-order valence-electron chi connectivity index (χ2n) is 6.81. The fourth-order valence-electron chi connectivity index (χ4n) is 3.16. The maximum absolute atomic E-state index is 13.5. The number of anilines is 1. The number of hydrogen-bond acceptors (Lipinski definition) is 4. The minimum absolute atomic E-state index is 0.120. The number of nitrogens with zero attached hydrogens (tertiary/aromatic N) is 3. The van der Waals surface area contributed by atoms with Crippen LogP contribution in [-0.2, 0) is 12.4 Å². The van der Waals surface area contributed by atoms with Gasteiger partial charge in [0.1, 0.15) is 5.56 Å². The van der Waals surface area contributed by atoms with Crippen LogP contribution in [0.5, 0.6) is 0 Å². The molecule has 0 radical (unpaired) electrons. The van der Waals surface area contributed by atoms with Crippen LogP contribution in [0.4, 0.5) is 32.2 Å². The molecule has 1 saturated heterocycles. The van der Waals surface area contributed by atoms with Crippen molar-refractivity contribution < 1.29 is 26.3 Å². The monoisotopic (exact) mass is 404 g/mol. The largest absolute Gasteiger partial charge is 0.420 e. The lowest BCUT2D eigenvalue weighted by atomic mass is 10.0. The van der Waals surface area contributed by atoms with E-state index in [9.17, 15) is 26.3 Å². The van der Waals surface area contributed by atoms with Crippen LogP contribution in [0.15, 0.2) is 30.3 Å². The lowest BCUT2D eigenvalue weighted by molar-refractivity contribution is -0.138. The average Bonchev–Trinajstić information content (AvgIpc) is 2.60. The molecule has 0 saturated carbocycles. The second kappa shape index (κ2) is 7.57. The number of hydrogen-bond donors (Lipinski definition) is 1. The lowest BCUT2D eigenvalue weighted by Gasteiger charge is -2.31. The predicted molar refractivity (Wildman–Crippen MR) is 91.6 cm³/mol. The molecule has 0 unspecified atom stereocenters. The van der Waals surface area contributed by atoms with Crippen molar-refractivity contribution in [1.82, 2.24) is 15.1 Å². The Morgan fingerprint density at radius 1 is 1.00 bits per heavy atom. The zero-order chi connectivity index (χ0) is 20.5. The van der Waals surface area contributed by atoms with Crippen LogP contribution in [-0.4, -0.2) is 41.3 Å². The minimum Gasteiger partial charge on any atom is -0.364 e. The average molecular weight is 404 g/mol. The molecule has 1 aromatic carbocycles. The number of likely N-dealkylation sites (tertiary alicyclic amines) is 1. The zero-order valence-electron chi connectivity index (χ0n) is 14.9. The van der Waals surface area contributed by atoms with Crippen LogP contribution >= 0.6 is 0 Å². The highest BCUT2D eigenvalue weighted by molar-refractivity contribution is 5.63. The Balaban J connectivity index is 1.90. The summed E-state index contributed by atoms with van der Waals surface area (Å²) in [5.74, 6) is -0.372. The van der Waals surface area contributed by atoms with E-state index in [1.54, 1.807) is 0 Å². The molecule has 152 valence electrons. The van der Waals surface area contributed by atoms with Gasteiger partial charge in [0.05, 0.1) is 11.3 Å². The van der Waals surface area contributed by atoms with E-state index in [1.165, 1.54) is 0 Å². The number of rotatable bonds is 3. The Morgan fingerprint density at radius 2 is 1.68 bits per heavy atom. The third-order valence-corrected chi connectivity index (χ3v) is 4.57. The van der Waals surface area contributed by atoms with Crippen molar-refractivity contribution in [2.24, 2.45) is 0 Å². The topological polar surface area (TPSA) is 41.0 Å². The summed E-state index contributed by atoms with van der Waals surface area (Å²) in [6.07, 6.45) is -7.64. The number of benzene rings is 1. The number of piperidine rings is 1. The molecule has 1 aromatic heterocycles. The number of halogens is 6. The standard InChI is InChI=1S/C18H18F6N4/c1-28-8-2-3-13(10-28)25-16-14(18(22,23)24)9-15(26-27-16)11-4-6-12(7-5-11)17(19,20)21/h4-7,9,13H,2-3,8,10H2,1H3,(H,25,27)/t13-/m1/s1. The van der Waals surface area contributed by atoms with E-state index < -0.39 is 23.5 Å². The summed E-state index contributed by atoms with van der Waals surface area (Å²) in [6.45, 7) is 1.46. The summed E-state index contributed by atoms with van der Waals surface area (Å²) >= 11 is 0. The molecule has 1 aliphatic heterocycles. The van der Waals surface area contributed by atoms with Crippen molar-refractivity contribution in [3.8, 4) is 11.3 Å². The maximum Gasteiger partial charge on any atom is 0.420 e. The van der Waals surface area contributed by atoms with Crippen molar-refractivity contribution in [3.63, 3.8) is 0 Å². The summed E-state index contributed by atoms with van der Waals surface area (Å²) in [4.78, 5) is 2.01. The van der Waals surface area contributed by atoms with Crippen molar-refractivity contribution >= 4 is 5.82 Å². The van der Waals surface area contributed by atoms with Crippen molar-refractivity contribution in [2.75, 3.05) is 25.5 Å². The predicted octanol–water partition coefficient (Wildman–Crippen LogP) is 4.69. The molecule has 2 aromatic rings. The SMILES string of the molecule is CN1CCC[C@@H](Nc2nnc(-c3ccc(C(F)(F)F)cc3)cc2C(F)(F)F)C1. The number of likely N-dealkylation sites (N-methyl/N-ethyl adjacent to an activating group) is 1. The Morgan fingerprint density at radius 3 is 2.25 bits per heavy atom. The molecule has 1 fully saturated rings. The van der Waals surface area contributed by atoms with Gasteiger partial charge in [0.25, 0.3) is 0 Å². The van der Waals surface area contributed by atoms with Crippen molar-refractivity contribution in [3.05, 3.63) is 41.5 Å². The molecule has 1 aliphatic rings. The highest BCUT2D eigenvalue weighted by atomic mass is 19.4. The molecule has 0 amide bonds. The van der Waals surface area contributed by atoms with E-state index in [0.717, 1.165) is 43.3 Å². The molecule has 0 spiro atoms. The van der Waals surface area contributed by atoms with E-state index in [4.69, 9.17) is 0 Å². The summed E-state index contributed by atoms with van der Waals surface area (Å²) < 4.78 is 78.6. The highest BCUT2D eigenvalue weighted by Crippen LogP contribution is 2.37. The molecule has 28 heavy (non-hydrogen) atoms. The van der Waals surface area contributed by atoms with E-state index in [2.05, 4.69) is 15.5 Å². The van der Waals surface area contributed by atoms with Gasteiger partial charge in [-0.1, -0.05) is 12.1 Å². The van der Waals surface area contributed by atoms with E-state index >= 15 is 0 Å². The summed E-state index contributed by atoms with van der Waals surface area (Å²) in [5, 5.41) is 10.3. The molecule has 2 heterocycles. The molecule has 1 N–H and O–H groups in total. The van der Waals surface area contributed by atoms with Gasteiger partial charge >= 0.3 is 12.4 Å². The van der Waals surface area contributed by atoms with E-state index in [0.29, 0.717) is 13.0 Å². The number of nitrogens with one attached hydrogen (secondary N) is 1. The molecule has 3 rings (SSSR count). The van der Waals surface area contributed by atoms with Gasteiger partial charge in [0.2, 0.25) is 0 Å². The van der Waals surface area contributed by atoms with Gasteiger partial charge in [-0.3, -0.25) is 0 Å². The van der Waals surface area contributed by atoms with Crippen LogP contribution in [0.2, 0.25) is 0 Å². The molecule has 0 bridgehead atoms.